The van der Waals surface area contributed by atoms with Gasteiger partial charge in [0.15, 0.2) is 0 Å². The molecular weight excluding hydrogens is 276 g/mol. The van der Waals surface area contributed by atoms with Crippen LogP contribution in [0.15, 0.2) is 60.7 Å². The van der Waals surface area contributed by atoms with Crippen LogP contribution in [-0.2, 0) is 9.53 Å². The number of hydrogen-bond donors (Lipinski definition) is 0. The molecule has 0 saturated carbocycles. The standard InChI is InChI=1S/C18H22O2Si/c1-20-18(19)14-17(15-10-6-4-7-11-15)21(2,3)16-12-8-5-9-13-16/h4-13,17H,14H2,1-3H3/t17-/m1/s1. The van der Waals surface area contributed by atoms with E-state index in [2.05, 4.69) is 49.5 Å². The van der Waals surface area contributed by atoms with Crippen LogP contribution in [0, 0.1) is 0 Å². The van der Waals surface area contributed by atoms with Gasteiger partial charge in [-0.15, -0.1) is 0 Å². The van der Waals surface area contributed by atoms with E-state index in [0.29, 0.717) is 6.42 Å². The number of esters is 1. The maximum absolute atomic E-state index is 11.9. The van der Waals surface area contributed by atoms with Gasteiger partial charge in [-0.25, -0.2) is 0 Å². The van der Waals surface area contributed by atoms with Gasteiger partial charge in [-0.1, -0.05) is 78.9 Å². The number of rotatable bonds is 5. The van der Waals surface area contributed by atoms with Gasteiger partial charge in [-0.05, 0) is 11.1 Å². The first-order valence-corrected chi connectivity index (χ1v) is 10.3. The Kier molecular flexibility index (Phi) is 4.97. The smallest absolute Gasteiger partial charge is 0.305 e. The summed E-state index contributed by atoms with van der Waals surface area (Å²) in [5, 5.41) is 1.36. The molecule has 3 heteroatoms. The van der Waals surface area contributed by atoms with Crippen LogP contribution >= 0.6 is 0 Å². The fourth-order valence-corrected chi connectivity index (χ4v) is 5.95. The molecule has 0 unspecified atom stereocenters. The van der Waals surface area contributed by atoms with E-state index in [1.165, 1.54) is 17.9 Å². The average molecular weight is 298 g/mol. The second-order valence-electron chi connectivity index (χ2n) is 5.83. The minimum atomic E-state index is -1.83. The van der Waals surface area contributed by atoms with Crippen LogP contribution in [0.5, 0.6) is 0 Å². The molecule has 110 valence electrons. The molecule has 0 radical (unpaired) electrons. The lowest BCUT2D eigenvalue weighted by Gasteiger charge is -2.33. The lowest BCUT2D eigenvalue weighted by Crippen LogP contribution is -2.48. The molecule has 0 aliphatic carbocycles. The molecule has 21 heavy (non-hydrogen) atoms. The van der Waals surface area contributed by atoms with Crippen molar-refractivity contribution < 1.29 is 9.53 Å². The van der Waals surface area contributed by atoms with Crippen LogP contribution in [0.2, 0.25) is 13.1 Å². The van der Waals surface area contributed by atoms with Crippen molar-refractivity contribution in [3.8, 4) is 0 Å². The molecule has 2 aromatic carbocycles. The molecule has 0 bridgehead atoms. The Balaban J connectivity index is 2.41. The van der Waals surface area contributed by atoms with Gasteiger partial charge < -0.3 is 4.74 Å². The minimum absolute atomic E-state index is 0.139. The summed E-state index contributed by atoms with van der Waals surface area (Å²) in [7, 11) is -0.370. The molecule has 0 heterocycles. The second kappa shape index (κ2) is 6.72. The van der Waals surface area contributed by atoms with Crippen LogP contribution in [0.4, 0.5) is 0 Å². The van der Waals surface area contributed by atoms with Gasteiger partial charge in [0.1, 0.15) is 0 Å². The van der Waals surface area contributed by atoms with E-state index in [-0.39, 0.29) is 11.5 Å². The van der Waals surface area contributed by atoms with Gasteiger partial charge in [-0.2, -0.15) is 0 Å². The molecule has 0 aliphatic heterocycles. The van der Waals surface area contributed by atoms with Gasteiger partial charge in [0.05, 0.1) is 21.6 Å². The molecule has 0 N–H and O–H groups in total. The monoisotopic (exact) mass is 298 g/mol. The molecule has 1 atom stereocenters. The topological polar surface area (TPSA) is 26.3 Å². The highest BCUT2D eigenvalue weighted by molar-refractivity contribution is 6.91. The molecule has 2 nitrogen and oxygen atoms in total. The Morgan fingerprint density at radius 1 is 1.00 bits per heavy atom. The number of methoxy groups -OCH3 is 1. The normalized spacial score (nSPS) is 12.7. The summed E-state index contributed by atoms with van der Waals surface area (Å²) in [6.07, 6.45) is 0.439. The third kappa shape index (κ3) is 3.61. The van der Waals surface area contributed by atoms with Crippen LogP contribution < -0.4 is 5.19 Å². The summed E-state index contributed by atoms with van der Waals surface area (Å²) < 4.78 is 4.92. The van der Waals surface area contributed by atoms with Gasteiger partial charge in [-0.3, -0.25) is 4.79 Å². The van der Waals surface area contributed by atoms with E-state index in [1.54, 1.807) is 0 Å². The van der Waals surface area contributed by atoms with E-state index in [1.807, 2.05) is 24.3 Å². The van der Waals surface area contributed by atoms with Gasteiger partial charge in [0.2, 0.25) is 0 Å². The first-order chi connectivity index (χ1) is 10.1. The summed E-state index contributed by atoms with van der Waals surface area (Å²) in [6, 6.07) is 20.9. The van der Waals surface area contributed by atoms with E-state index in [0.717, 1.165) is 0 Å². The zero-order valence-electron chi connectivity index (χ0n) is 12.9. The average Bonchev–Trinajstić information content (AvgIpc) is 2.53. The fraction of sp³-hybridized carbons (Fsp3) is 0.278. The predicted molar refractivity (Wildman–Crippen MR) is 89.4 cm³/mol. The fourth-order valence-electron chi connectivity index (χ4n) is 2.79. The molecule has 0 fully saturated rings. The quantitative estimate of drug-likeness (QED) is 0.624. The van der Waals surface area contributed by atoms with Crippen LogP contribution in [-0.4, -0.2) is 21.2 Å². The minimum Gasteiger partial charge on any atom is -0.469 e. The largest absolute Gasteiger partial charge is 0.469 e. The number of carbonyl (C=O) groups is 1. The van der Waals surface area contributed by atoms with Crippen molar-refractivity contribution in [2.24, 2.45) is 0 Å². The van der Waals surface area contributed by atoms with Crippen molar-refractivity contribution in [2.45, 2.75) is 25.1 Å². The number of benzene rings is 2. The lowest BCUT2D eigenvalue weighted by atomic mass is 10.1. The van der Waals surface area contributed by atoms with Gasteiger partial charge in [0, 0.05) is 0 Å². The predicted octanol–water partition coefficient (Wildman–Crippen LogP) is 3.49. The highest BCUT2D eigenvalue weighted by Gasteiger charge is 2.36. The van der Waals surface area contributed by atoms with Gasteiger partial charge >= 0.3 is 5.97 Å². The van der Waals surface area contributed by atoms with Crippen molar-refractivity contribution in [3.63, 3.8) is 0 Å². The Morgan fingerprint density at radius 2 is 1.52 bits per heavy atom. The SMILES string of the molecule is COC(=O)C[C@H](c1ccccc1)[Si](C)(C)c1ccccc1. The summed E-state index contributed by atoms with van der Waals surface area (Å²) in [5.74, 6) is -0.139. The highest BCUT2D eigenvalue weighted by atomic mass is 28.3. The van der Waals surface area contributed by atoms with Crippen molar-refractivity contribution in [2.75, 3.05) is 7.11 Å². The van der Waals surface area contributed by atoms with Crippen LogP contribution in [0.25, 0.3) is 0 Å². The van der Waals surface area contributed by atoms with Crippen LogP contribution in [0.1, 0.15) is 17.5 Å². The zero-order chi connectivity index (χ0) is 15.3. The summed E-state index contributed by atoms with van der Waals surface area (Å²) in [4.78, 5) is 11.9. The molecule has 0 aromatic heterocycles. The summed E-state index contributed by atoms with van der Waals surface area (Å²) in [5.41, 5.74) is 1.44. The molecular formula is C18H22O2Si. The third-order valence-electron chi connectivity index (χ3n) is 4.19. The molecule has 0 saturated heterocycles. The van der Waals surface area contributed by atoms with E-state index >= 15 is 0 Å². The van der Waals surface area contributed by atoms with Crippen molar-refractivity contribution >= 4 is 19.2 Å². The Bertz CT molecular complexity index is 579. The van der Waals surface area contributed by atoms with Gasteiger partial charge in [0.25, 0.3) is 0 Å². The van der Waals surface area contributed by atoms with E-state index in [4.69, 9.17) is 4.74 Å². The number of carbonyl (C=O) groups excluding carboxylic acids is 1. The molecule has 2 rings (SSSR count). The van der Waals surface area contributed by atoms with Crippen LogP contribution in [0.3, 0.4) is 0 Å². The second-order valence-corrected chi connectivity index (χ2v) is 10.5. The maximum Gasteiger partial charge on any atom is 0.305 e. The Morgan fingerprint density at radius 3 is 2.05 bits per heavy atom. The maximum atomic E-state index is 11.9. The number of hydrogen-bond acceptors (Lipinski definition) is 2. The Hall–Kier alpha value is -1.87. The molecule has 0 spiro atoms. The molecule has 0 aliphatic rings. The first-order valence-electron chi connectivity index (χ1n) is 7.23. The van der Waals surface area contributed by atoms with Crippen molar-refractivity contribution in [3.05, 3.63) is 66.2 Å². The zero-order valence-corrected chi connectivity index (χ0v) is 13.9. The summed E-state index contributed by atoms with van der Waals surface area (Å²) >= 11 is 0. The van der Waals surface area contributed by atoms with Crippen molar-refractivity contribution in [1.29, 1.82) is 0 Å². The lowest BCUT2D eigenvalue weighted by molar-refractivity contribution is -0.140. The van der Waals surface area contributed by atoms with E-state index < -0.39 is 8.07 Å². The molecule has 2 aromatic rings. The number of ether oxygens (including phenoxy) is 1. The van der Waals surface area contributed by atoms with Crippen molar-refractivity contribution in [1.82, 2.24) is 0 Å². The third-order valence-corrected chi connectivity index (χ3v) is 8.29. The molecule has 0 amide bonds. The Labute approximate surface area is 127 Å². The van der Waals surface area contributed by atoms with E-state index in [9.17, 15) is 4.79 Å². The first kappa shape index (κ1) is 15.5. The highest BCUT2D eigenvalue weighted by Crippen LogP contribution is 2.30. The summed E-state index contributed by atoms with van der Waals surface area (Å²) in [6.45, 7) is 4.64.